The van der Waals surface area contributed by atoms with Crippen LogP contribution in [0.1, 0.15) is 40.8 Å². The third kappa shape index (κ3) is 9.14. The van der Waals surface area contributed by atoms with Crippen molar-refractivity contribution in [1.29, 1.82) is 0 Å². The summed E-state index contributed by atoms with van der Waals surface area (Å²) in [5.41, 5.74) is -1.52. The average Bonchev–Trinajstić information content (AvgIpc) is 3.20. The molecule has 200 valence electrons. The number of allylic oxidation sites excluding steroid dienone is 2. The number of halogens is 3. The van der Waals surface area contributed by atoms with E-state index in [1.54, 1.807) is 12.1 Å². The van der Waals surface area contributed by atoms with Gasteiger partial charge < -0.3 is 19.0 Å². The third-order valence-corrected chi connectivity index (χ3v) is 6.88. The van der Waals surface area contributed by atoms with Gasteiger partial charge in [0.15, 0.2) is 22.5 Å². The SMILES string of the molecule is COC(=O)N/C=C/CCCc1cc([O-])c(C(=O)/C(C)=C/c2sc(Oc3ccc(F)c(F)c3)cc2Br)c(=O)o1.[Na+]. The number of carbonyl (C=O) groups excluding carboxylic acids is 2. The van der Waals surface area contributed by atoms with Crippen LogP contribution in [0.15, 0.2) is 61.9 Å². The van der Waals surface area contributed by atoms with E-state index < -0.39 is 40.4 Å². The Morgan fingerprint density at radius 3 is 2.62 bits per heavy atom. The quantitative estimate of drug-likeness (QED) is 0.158. The van der Waals surface area contributed by atoms with Crippen LogP contribution in [0.2, 0.25) is 0 Å². The van der Waals surface area contributed by atoms with E-state index in [4.69, 9.17) is 9.15 Å². The van der Waals surface area contributed by atoms with Gasteiger partial charge >= 0.3 is 41.3 Å². The molecular formula is C26H21BrF2NNaO7S. The number of thiophene rings is 1. The number of amides is 1. The number of alkyl carbamates (subject to hydrolysis) is 1. The van der Waals surface area contributed by atoms with E-state index in [0.29, 0.717) is 27.3 Å². The normalized spacial score (nSPS) is 11.3. The summed E-state index contributed by atoms with van der Waals surface area (Å²) >= 11 is 4.45. The number of benzene rings is 1. The number of nitrogens with one attached hydrogen (secondary N) is 1. The molecule has 8 nitrogen and oxygen atoms in total. The van der Waals surface area contributed by atoms with Gasteiger partial charge in [-0.3, -0.25) is 10.1 Å². The standard InChI is InChI=1S/C26H22BrF2NO7S.Na/c1-14(10-21-17(27)13-22(38-21)36-16-7-8-18(28)19(29)11-16)24(32)23-20(31)12-15(37-25(23)33)6-4-3-5-9-30-26(34)35-2;/h5,7-13,31H,3-4,6H2,1-2H3,(H,30,34);/q;+1/p-1/b9-5+,14-10+;. The fourth-order valence-electron chi connectivity index (χ4n) is 3.14. The van der Waals surface area contributed by atoms with Crippen molar-refractivity contribution in [2.45, 2.75) is 26.2 Å². The average molecular weight is 632 g/mol. The summed E-state index contributed by atoms with van der Waals surface area (Å²) < 4.78 is 42.3. The minimum Gasteiger partial charge on any atom is -0.872 e. The summed E-state index contributed by atoms with van der Waals surface area (Å²) in [6.07, 6.45) is 5.29. The fourth-order valence-corrected chi connectivity index (χ4v) is 4.78. The number of carbonyl (C=O) groups is 2. The van der Waals surface area contributed by atoms with Crippen LogP contribution in [-0.4, -0.2) is 19.0 Å². The molecule has 0 unspecified atom stereocenters. The second-order valence-corrected chi connectivity index (χ2v) is 9.68. The molecule has 1 aromatic carbocycles. The van der Waals surface area contributed by atoms with Gasteiger partial charge in [-0.25, -0.2) is 18.4 Å². The van der Waals surface area contributed by atoms with E-state index in [9.17, 15) is 28.3 Å². The van der Waals surface area contributed by atoms with E-state index >= 15 is 0 Å². The summed E-state index contributed by atoms with van der Waals surface area (Å²) in [5, 5.41) is 15.3. The number of ketones is 1. The molecule has 0 bridgehead atoms. The summed E-state index contributed by atoms with van der Waals surface area (Å²) in [6, 6.07) is 5.82. The minimum atomic E-state index is -1.05. The Bertz CT molecular complexity index is 1470. The van der Waals surface area contributed by atoms with Crippen molar-refractivity contribution in [3.05, 3.63) is 90.9 Å². The Morgan fingerprint density at radius 2 is 1.95 bits per heavy atom. The van der Waals surface area contributed by atoms with Gasteiger partial charge in [0, 0.05) is 34.1 Å². The van der Waals surface area contributed by atoms with Gasteiger partial charge in [0.05, 0.1) is 12.7 Å². The molecule has 0 saturated carbocycles. The van der Waals surface area contributed by atoms with Gasteiger partial charge in [-0.05, 0) is 65.5 Å². The molecule has 1 N–H and O–H groups in total. The summed E-state index contributed by atoms with van der Waals surface area (Å²) in [7, 11) is 1.24. The monoisotopic (exact) mass is 631 g/mol. The van der Waals surface area contributed by atoms with Crippen molar-refractivity contribution in [2.75, 3.05) is 7.11 Å². The number of hydrogen-bond acceptors (Lipinski definition) is 8. The molecule has 1 amide bonds. The minimum absolute atomic E-state index is 0. The number of ether oxygens (including phenoxy) is 2. The van der Waals surface area contributed by atoms with E-state index in [-0.39, 0.29) is 53.1 Å². The molecule has 0 aliphatic heterocycles. The first-order valence-electron chi connectivity index (χ1n) is 11.1. The van der Waals surface area contributed by atoms with Crippen molar-refractivity contribution < 1.29 is 66.9 Å². The predicted octanol–water partition coefficient (Wildman–Crippen LogP) is 3.09. The fraction of sp³-hybridized carbons (Fsp3) is 0.192. The zero-order chi connectivity index (χ0) is 27.8. The van der Waals surface area contributed by atoms with Crippen LogP contribution in [0, 0.1) is 11.6 Å². The van der Waals surface area contributed by atoms with Crippen LogP contribution < -0.4 is 50.3 Å². The van der Waals surface area contributed by atoms with Crippen LogP contribution in [-0.2, 0) is 11.2 Å². The topological polar surface area (TPSA) is 118 Å². The number of aryl methyl sites for hydroxylation is 1. The van der Waals surface area contributed by atoms with Crippen LogP contribution in [0.5, 0.6) is 16.6 Å². The van der Waals surface area contributed by atoms with Crippen LogP contribution in [0.3, 0.4) is 0 Å². The molecule has 3 rings (SSSR count). The van der Waals surface area contributed by atoms with Crippen LogP contribution in [0.25, 0.3) is 6.08 Å². The zero-order valence-corrected chi connectivity index (χ0v) is 25.5. The molecule has 39 heavy (non-hydrogen) atoms. The molecule has 2 heterocycles. The van der Waals surface area contributed by atoms with Crippen LogP contribution in [0.4, 0.5) is 13.6 Å². The second-order valence-electron chi connectivity index (χ2n) is 7.78. The molecule has 0 radical (unpaired) electrons. The van der Waals surface area contributed by atoms with Crippen molar-refractivity contribution in [1.82, 2.24) is 5.32 Å². The molecule has 0 aliphatic carbocycles. The Morgan fingerprint density at radius 1 is 1.21 bits per heavy atom. The van der Waals surface area contributed by atoms with E-state index in [1.165, 1.54) is 32.4 Å². The first-order valence-corrected chi connectivity index (χ1v) is 12.7. The molecule has 0 spiro atoms. The molecule has 2 aromatic heterocycles. The molecule has 3 aromatic rings. The number of rotatable bonds is 10. The first kappa shape index (κ1) is 32.4. The second kappa shape index (κ2) is 15.1. The van der Waals surface area contributed by atoms with Gasteiger partial charge in [-0.15, -0.1) is 0 Å². The summed E-state index contributed by atoms with van der Waals surface area (Å²) in [4.78, 5) is 36.8. The van der Waals surface area contributed by atoms with Crippen LogP contribution >= 0.6 is 27.3 Å². The zero-order valence-electron chi connectivity index (χ0n) is 21.1. The van der Waals surface area contributed by atoms with Gasteiger partial charge in [-0.2, -0.15) is 0 Å². The third-order valence-electron chi connectivity index (χ3n) is 5.00. The van der Waals surface area contributed by atoms with Crippen molar-refractivity contribution in [3.63, 3.8) is 0 Å². The number of unbranched alkanes of at least 4 members (excludes halogenated alkanes) is 1. The van der Waals surface area contributed by atoms with E-state index in [0.717, 1.165) is 29.5 Å². The molecule has 13 heteroatoms. The van der Waals surface area contributed by atoms with E-state index in [1.807, 2.05) is 0 Å². The van der Waals surface area contributed by atoms with Crippen molar-refractivity contribution in [2.24, 2.45) is 0 Å². The van der Waals surface area contributed by atoms with E-state index in [2.05, 4.69) is 26.0 Å². The summed E-state index contributed by atoms with van der Waals surface area (Å²) in [6.45, 7) is 1.45. The van der Waals surface area contributed by atoms with Gasteiger partial charge in [0.2, 0.25) is 0 Å². The molecule has 0 atom stereocenters. The number of Topliss-reactive ketones (excluding diaryl/α,β-unsaturated/α-hetero) is 1. The Kier molecular flexibility index (Phi) is 12.6. The van der Waals surface area contributed by atoms with Crippen molar-refractivity contribution in [3.8, 4) is 16.6 Å². The van der Waals surface area contributed by atoms with Gasteiger partial charge in [0.25, 0.3) is 0 Å². The number of methoxy groups -OCH3 is 1. The van der Waals surface area contributed by atoms with Crippen molar-refractivity contribution >= 4 is 45.2 Å². The Hall–Kier alpha value is -2.77. The Labute approximate surface area is 256 Å². The van der Waals surface area contributed by atoms with Gasteiger partial charge in [0.1, 0.15) is 11.5 Å². The maximum atomic E-state index is 13.4. The maximum absolute atomic E-state index is 13.4. The predicted molar refractivity (Wildman–Crippen MR) is 138 cm³/mol. The Balaban J connectivity index is 0.00000533. The van der Waals surface area contributed by atoms with Gasteiger partial charge in [-0.1, -0.05) is 23.2 Å². The maximum Gasteiger partial charge on any atom is 1.00 e. The molecule has 0 saturated heterocycles. The first-order chi connectivity index (χ1) is 18.1. The smallest absolute Gasteiger partial charge is 0.872 e. The summed E-state index contributed by atoms with van der Waals surface area (Å²) in [5.74, 6) is -3.35. The number of hydrogen-bond donors (Lipinski definition) is 1. The molecule has 0 aliphatic rings. The molecule has 0 fully saturated rings. The molecular weight excluding hydrogens is 611 g/mol. The largest absolute Gasteiger partial charge is 1.00 e.